The van der Waals surface area contributed by atoms with E-state index in [9.17, 15) is 0 Å². The molecular weight excluding hydrogens is 236 g/mol. The fourth-order valence-corrected chi connectivity index (χ4v) is 2.08. The Morgan fingerprint density at radius 2 is 2.18 bits per heavy atom. The van der Waals surface area contributed by atoms with E-state index >= 15 is 0 Å². The van der Waals surface area contributed by atoms with Crippen LogP contribution in [0.1, 0.15) is 12.5 Å². The van der Waals surface area contributed by atoms with E-state index in [0.717, 1.165) is 39.4 Å². The van der Waals surface area contributed by atoms with E-state index in [4.69, 9.17) is 4.74 Å². The highest BCUT2D eigenvalue weighted by molar-refractivity contribution is 5.85. The average molecular weight is 257 g/mol. The van der Waals surface area contributed by atoms with Crippen LogP contribution in [0, 0.1) is 0 Å². The fraction of sp³-hybridized carbons (Fsp3) is 0.538. The summed E-state index contributed by atoms with van der Waals surface area (Å²) in [7, 11) is 0. The summed E-state index contributed by atoms with van der Waals surface area (Å²) in [5, 5.41) is 3.44. The molecule has 2 rings (SSSR count). The number of benzene rings is 1. The van der Waals surface area contributed by atoms with Gasteiger partial charge in [0.15, 0.2) is 0 Å². The summed E-state index contributed by atoms with van der Waals surface area (Å²) < 4.78 is 5.43. The van der Waals surface area contributed by atoms with Gasteiger partial charge in [-0.15, -0.1) is 12.4 Å². The minimum atomic E-state index is 0. The number of anilines is 1. The highest BCUT2D eigenvalue weighted by atomic mass is 35.5. The molecule has 0 aliphatic carbocycles. The van der Waals surface area contributed by atoms with Gasteiger partial charge in [-0.05, 0) is 18.6 Å². The molecule has 0 unspecified atom stereocenters. The Morgan fingerprint density at radius 1 is 1.35 bits per heavy atom. The molecule has 1 aromatic rings. The van der Waals surface area contributed by atoms with Gasteiger partial charge in [0.05, 0.1) is 6.61 Å². The normalized spacial score (nSPS) is 14.8. The number of rotatable bonds is 4. The summed E-state index contributed by atoms with van der Waals surface area (Å²) >= 11 is 0. The van der Waals surface area contributed by atoms with Gasteiger partial charge >= 0.3 is 0 Å². The van der Waals surface area contributed by atoms with Crippen molar-refractivity contribution in [2.24, 2.45) is 0 Å². The lowest BCUT2D eigenvalue weighted by molar-refractivity contribution is 0.154. The van der Waals surface area contributed by atoms with Crippen LogP contribution in [0.2, 0.25) is 0 Å². The quantitative estimate of drug-likeness (QED) is 0.835. The molecule has 0 bridgehead atoms. The van der Waals surface area contributed by atoms with Crippen LogP contribution in [0.15, 0.2) is 24.3 Å². The van der Waals surface area contributed by atoms with Crippen LogP contribution in [0.25, 0.3) is 0 Å². The van der Waals surface area contributed by atoms with E-state index in [0.29, 0.717) is 0 Å². The number of nitrogens with one attached hydrogen (secondary N) is 1. The molecule has 17 heavy (non-hydrogen) atoms. The van der Waals surface area contributed by atoms with Crippen LogP contribution >= 0.6 is 12.4 Å². The van der Waals surface area contributed by atoms with Crippen molar-refractivity contribution in [1.82, 2.24) is 5.32 Å². The van der Waals surface area contributed by atoms with Gasteiger partial charge in [-0.3, -0.25) is 0 Å². The van der Waals surface area contributed by atoms with Crippen LogP contribution in [-0.4, -0.2) is 32.8 Å². The van der Waals surface area contributed by atoms with Gasteiger partial charge in [0.2, 0.25) is 0 Å². The third-order valence-electron chi connectivity index (χ3n) is 2.92. The first-order chi connectivity index (χ1) is 7.92. The Balaban J connectivity index is 0.00000144. The third-order valence-corrected chi connectivity index (χ3v) is 2.92. The summed E-state index contributed by atoms with van der Waals surface area (Å²) in [5.74, 6) is 0. The minimum absolute atomic E-state index is 0. The van der Waals surface area contributed by atoms with Gasteiger partial charge in [-0.25, -0.2) is 0 Å². The van der Waals surface area contributed by atoms with E-state index in [2.05, 4.69) is 34.5 Å². The lowest BCUT2D eigenvalue weighted by Crippen LogP contribution is -2.31. The predicted molar refractivity (Wildman–Crippen MR) is 74.1 cm³/mol. The average Bonchev–Trinajstić information content (AvgIpc) is 2.52. The van der Waals surface area contributed by atoms with Gasteiger partial charge in [-0.2, -0.15) is 0 Å². The summed E-state index contributed by atoms with van der Waals surface area (Å²) in [6.45, 7) is 7.70. The molecule has 0 spiro atoms. The molecule has 0 fully saturated rings. The molecule has 4 heteroatoms. The molecule has 0 amide bonds. The molecule has 0 saturated carbocycles. The second-order valence-electron chi connectivity index (χ2n) is 3.99. The van der Waals surface area contributed by atoms with Crippen molar-refractivity contribution >= 4 is 18.1 Å². The highest BCUT2D eigenvalue weighted by Crippen LogP contribution is 2.21. The maximum Gasteiger partial charge on any atom is 0.0641 e. The van der Waals surface area contributed by atoms with Gasteiger partial charge in [0, 0.05) is 38.5 Å². The molecule has 96 valence electrons. The predicted octanol–water partition coefficient (Wildman–Crippen LogP) is 2.05. The molecular formula is C13H21ClN2O. The molecule has 1 aliphatic rings. The molecule has 0 aromatic heterocycles. The van der Waals surface area contributed by atoms with Crippen molar-refractivity contribution in [3.63, 3.8) is 0 Å². The number of para-hydroxylation sites is 1. The Morgan fingerprint density at radius 3 is 3.00 bits per heavy atom. The van der Waals surface area contributed by atoms with Crippen LogP contribution in [0.4, 0.5) is 5.69 Å². The Bertz CT molecular complexity index is 333. The Kier molecular flexibility index (Phi) is 6.34. The van der Waals surface area contributed by atoms with E-state index in [-0.39, 0.29) is 12.4 Å². The smallest absolute Gasteiger partial charge is 0.0641 e. The first kappa shape index (κ1) is 14.3. The van der Waals surface area contributed by atoms with Gasteiger partial charge in [0.1, 0.15) is 0 Å². The number of ether oxygens (including phenoxy) is 1. The highest BCUT2D eigenvalue weighted by Gasteiger charge is 2.13. The van der Waals surface area contributed by atoms with Crippen molar-refractivity contribution in [2.75, 3.05) is 37.7 Å². The zero-order valence-corrected chi connectivity index (χ0v) is 11.1. The number of nitrogens with zero attached hydrogens (tertiary/aromatic N) is 1. The Labute approximate surface area is 110 Å². The van der Waals surface area contributed by atoms with Crippen LogP contribution in [0.3, 0.4) is 0 Å². The summed E-state index contributed by atoms with van der Waals surface area (Å²) in [6.07, 6.45) is 0. The first-order valence-electron chi connectivity index (χ1n) is 6.03. The van der Waals surface area contributed by atoms with Crippen molar-refractivity contribution in [3.05, 3.63) is 29.8 Å². The molecule has 1 heterocycles. The van der Waals surface area contributed by atoms with E-state index in [1.54, 1.807) is 0 Å². The molecule has 0 radical (unpaired) electrons. The lowest BCUT2D eigenvalue weighted by Gasteiger charge is -2.24. The maximum absolute atomic E-state index is 5.43. The number of halogens is 1. The molecule has 1 aromatic carbocycles. The molecule has 3 nitrogen and oxygen atoms in total. The minimum Gasteiger partial charge on any atom is -0.380 e. The lowest BCUT2D eigenvalue weighted by atomic mass is 10.1. The number of hydrogen-bond acceptors (Lipinski definition) is 3. The van der Waals surface area contributed by atoms with Gasteiger partial charge < -0.3 is 15.0 Å². The zero-order valence-electron chi connectivity index (χ0n) is 10.3. The second-order valence-corrected chi connectivity index (χ2v) is 3.99. The van der Waals surface area contributed by atoms with Crippen LogP contribution < -0.4 is 10.2 Å². The monoisotopic (exact) mass is 256 g/mol. The Hall–Kier alpha value is -0.770. The van der Waals surface area contributed by atoms with Gasteiger partial charge in [0.25, 0.3) is 0 Å². The maximum atomic E-state index is 5.43. The van der Waals surface area contributed by atoms with Crippen molar-refractivity contribution in [1.29, 1.82) is 0 Å². The van der Waals surface area contributed by atoms with Crippen LogP contribution in [0.5, 0.6) is 0 Å². The van der Waals surface area contributed by atoms with E-state index < -0.39 is 0 Å². The fourth-order valence-electron chi connectivity index (χ4n) is 2.08. The third kappa shape index (κ3) is 3.87. The number of hydrogen-bond donors (Lipinski definition) is 1. The molecule has 1 aliphatic heterocycles. The summed E-state index contributed by atoms with van der Waals surface area (Å²) in [5.41, 5.74) is 2.74. The molecule has 0 atom stereocenters. The summed E-state index contributed by atoms with van der Waals surface area (Å²) in [6, 6.07) is 8.61. The standard InChI is InChI=1S/C13H20N2O.ClH/c1-2-16-10-9-15-8-7-14-11-12-5-3-4-6-13(12)15;/h3-6,14H,2,7-11H2,1H3;1H. The SMILES string of the molecule is CCOCCN1CCNCc2ccccc21.Cl. The van der Waals surface area contributed by atoms with Crippen LogP contribution in [-0.2, 0) is 11.3 Å². The second kappa shape index (κ2) is 7.54. The summed E-state index contributed by atoms with van der Waals surface area (Å²) in [4.78, 5) is 2.41. The topological polar surface area (TPSA) is 24.5 Å². The number of fused-ring (bicyclic) bond motifs is 1. The van der Waals surface area contributed by atoms with Crippen molar-refractivity contribution in [3.8, 4) is 0 Å². The van der Waals surface area contributed by atoms with E-state index in [1.807, 2.05) is 6.92 Å². The van der Waals surface area contributed by atoms with Crippen molar-refractivity contribution < 1.29 is 4.74 Å². The zero-order chi connectivity index (χ0) is 11.2. The van der Waals surface area contributed by atoms with Crippen molar-refractivity contribution in [2.45, 2.75) is 13.5 Å². The first-order valence-corrected chi connectivity index (χ1v) is 6.03. The molecule has 1 N–H and O–H groups in total. The molecule has 0 saturated heterocycles. The largest absolute Gasteiger partial charge is 0.380 e. The van der Waals surface area contributed by atoms with E-state index in [1.165, 1.54) is 11.3 Å². The van der Waals surface area contributed by atoms with Gasteiger partial charge in [-0.1, -0.05) is 18.2 Å².